The van der Waals surface area contributed by atoms with Crippen LogP contribution in [0.25, 0.3) is 0 Å². The van der Waals surface area contributed by atoms with Crippen LogP contribution < -0.4 is 11.0 Å². The first-order valence-corrected chi connectivity index (χ1v) is 4.90. The summed E-state index contributed by atoms with van der Waals surface area (Å²) >= 11 is 0. The molecule has 0 aliphatic rings. The van der Waals surface area contributed by atoms with Crippen LogP contribution in [0.1, 0.15) is 6.92 Å². The fourth-order valence-corrected chi connectivity index (χ4v) is 1.42. The molecule has 0 aliphatic carbocycles. The molecule has 0 fully saturated rings. The van der Waals surface area contributed by atoms with Crippen LogP contribution in [0.4, 0.5) is 5.69 Å². The smallest absolute Gasteiger partial charge is 0.319 e. The maximum atomic E-state index is 11.3. The Bertz CT molecular complexity index is 429. The summed E-state index contributed by atoms with van der Waals surface area (Å²) in [7, 11) is 1.81. The van der Waals surface area contributed by atoms with Crippen molar-refractivity contribution < 1.29 is 4.92 Å². The lowest BCUT2D eigenvalue weighted by Gasteiger charge is -2.11. The van der Waals surface area contributed by atoms with Gasteiger partial charge in [0.15, 0.2) is 0 Å². The van der Waals surface area contributed by atoms with Gasteiger partial charge in [-0.25, -0.2) is 4.79 Å². The third kappa shape index (κ3) is 3.13. The number of hydrogen-bond acceptors (Lipinski definition) is 5. The van der Waals surface area contributed by atoms with Gasteiger partial charge in [-0.15, -0.1) is 0 Å². The summed E-state index contributed by atoms with van der Waals surface area (Å²) < 4.78 is 1.26. The average molecular weight is 226 g/mol. The van der Waals surface area contributed by atoms with Crippen LogP contribution in [0, 0.1) is 16.0 Å². The van der Waals surface area contributed by atoms with Crippen molar-refractivity contribution in [3.63, 3.8) is 0 Å². The Morgan fingerprint density at radius 2 is 2.38 bits per heavy atom. The zero-order chi connectivity index (χ0) is 12.1. The molecule has 1 aromatic rings. The quantitative estimate of drug-likeness (QED) is 0.564. The van der Waals surface area contributed by atoms with Crippen molar-refractivity contribution in [2.75, 3.05) is 13.6 Å². The highest BCUT2D eigenvalue weighted by atomic mass is 16.6. The molecule has 1 aromatic heterocycles. The molecular weight excluding hydrogens is 212 g/mol. The lowest BCUT2D eigenvalue weighted by Crippen LogP contribution is -2.28. The van der Waals surface area contributed by atoms with Gasteiger partial charge in [0.1, 0.15) is 6.20 Å². The minimum Gasteiger partial charge on any atom is -0.319 e. The molecule has 1 atom stereocenters. The Morgan fingerprint density at radius 1 is 1.69 bits per heavy atom. The molecule has 0 spiro atoms. The van der Waals surface area contributed by atoms with E-state index in [1.807, 2.05) is 14.0 Å². The van der Waals surface area contributed by atoms with Gasteiger partial charge in [0.25, 0.3) is 0 Å². The SMILES string of the molecule is CNCC(C)Cn1cc([N+](=O)[O-])cnc1=O. The Labute approximate surface area is 92.3 Å². The largest absolute Gasteiger partial charge is 0.347 e. The molecule has 0 amide bonds. The van der Waals surface area contributed by atoms with Crippen molar-refractivity contribution >= 4 is 5.69 Å². The van der Waals surface area contributed by atoms with E-state index in [0.29, 0.717) is 6.54 Å². The Morgan fingerprint density at radius 3 is 2.94 bits per heavy atom. The van der Waals surface area contributed by atoms with Gasteiger partial charge >= 0.3 is 11.4 Å². The minimum atomic E-state index is -0.564. The van der Waals surface area contributed by atoms with Gasteiger partial charge in [-0.1, -0.05) is 6.92 Å². The van der Waals surface area contributed by atoms with Crippen LogP contribution in [0.3, 0.4) is 0 Å². The predicted molar refractivity (Wildman–Crippen MR) is 58.2 cm³/mol. The normalized spacial score (nSPS) is 12.4. The van der Waals surface area contributed by atoms with E-state index in [2.05, 4.69) is 10.3 Å². The van der Waals surface area contributed by atoms with Crippen molar-refractivity contribution in [1.82, 2.24) is 14.9 Å². The summed E-state index contributed by atoms with van der Waals surface area (Å²) in [6.07, 6.45) is 2.20. The van der Waals surface area contributed by atoms with Crippen LogP contribution in [-0.2, 0) is 6.54 Å². The fraction of sp³-hybridized carbons (Fsp3) is 0.556. The van der Waals surface area contributed by atoms with E-state index < -0.39 is 10.6 Å². The molecular formula is C9H14N4O3. The molecule has 0 bridgehead atoms. The Kier molecular flexibility index (Phi) is 4.12. The maximum absolute atomic E-state index is 11.3. The molecule has 0 aliphatic heterocycles. The highest BCUT2D eigenvalue weighted by Crippen LogP contribution is 2.06. The maximum Gasteiger partial charge on any atom is 0.347 e. The zero-order valence-electron chi connectivity index (χ0n) is 9.21. The second-order valence-corrected chi connectivity index (χ2v) is 3.67. The number of nitrogens with one attached hydrogen (secondary N) is 1. The zero-order valence-corrected chi connectivity index (χ0v) is 9.21. The molecule has 88 valence electrons. The molecule has 1 rings (SSSR count). The third-order valence-corrected chi connectivity index (χ3v) is 2.11. The molecule has 7 heteroatoms. The summed E-state index contributed by atoms with van der Waals surface area (Å²) in [5.74, 6) is 0.200. The molecule has 0 saturated carbocycles. The topological polar surface area (TPSA) is 90.1 Å². The molecule has 1 heterocycles. The molecule has 1 unspecified atom stereocenters. The minimum absolute atomic E-state index is 0.170. The lowest BCUT2D eigenvalue weighted by molar-refractivity contribution is -0.385. The van der Waals surface area contributed by atoms with E-state index in [0.717, 1.165) is 12.7 Å². The molecule has 7 nitrogen and oxygen atoms in total. The highest BCUT2D eigenvalue weighted by molar-refractivity contribution is 5.20. The summed E-state index contributed by atoms with van der Waals surface area (Å²) in [6.45, 7) is 3.09. The van der Waals surface area contributed by atoms with Crippen molar-refractivity contribution in [3.8, 4) is 0 Å². The van der Waals surface area contributed by atoms with Crippen molar-refractivity contribution in [1.29, 1.82) is 0 Å². The number of rotatable bonds is 5. The molecule has 0 saturated heterocycles. The van der Waals surface area contributed by atoms with Crippen LogP contribution in [-0.4, -0.2) is 28.1 Å². The van der Waals surface area contributed by atoms with E-state index >= 15 is 0 Å². The van der Waals surface area contributed by atoms with Gasteiger partial charge in [0.05, 0.1) is 11.1 Å². The van der Waals surface area contributed by atoms with E-state index in [1.165, 1.54) is 10.8 Å². The second kappa shape index (κ2) is 5.36. The first-order chi connectivity index (χ1) is 7.54. The van der Waals surface area contributed by atoms with E-state index in [-0.39, 0.29) is 11.6 Å². The first-order valence-electron chi connectivity index (χ1n) is 4.90. The van der Waals surface area contributed by atoms with Gasteiger partial charge in [0.2, 0.25) is 0 Å². The first kappa shape index (κ1) is 12.3. The van der Waals surface area contributed by atoms with Gasteiger partial charge in [0, 0.05) is 6.54 Å². The number of aromatic nitrogens is 2. The van der Waals surface area contributed by atoms with Crippen LogP contribution in [0.2, 0.25) is 0 Å². The van der Waals surface area contributed by atoms with Gasteiger partial charge in [-0.3, -0.25) is 14.7 Å². The van der Waals surface area contributed by atoms with E-state index in [9.17, 15) is 14.9 Å². The van der Waals surface area contributed by atoms with Crippen LogP contribution in [0.15, 0.2) is 17.2 Å². The number of nitro groups is 1. The number of nitrogens with zero attached hydrogens (tertiary/aromatic N) is 3. The van der Waals surface area contributed by atoms with Crippen molar-refractivity contribution in [3.05, 3.63) is 33.0 Å². The summed E-state index contributed by atoms with van der Waals surface area (Å²) in [4.78, 5) is 24.8. The molecule has 1 N–H and O–H groups in total. The van der Waals surface area contributed by atoms with Crippen LogP contribution in [0.5, 0.6) is 0 Å². The van der Waals surface area contributed by atoms with Crippen molar-refractivity contribution in [2.45, 2.75) is 13.5 Å². The van der Waals surface area contributed by atoms with Crippen molar-refractivity contribution in [2.24, 2.45) is 5.92 Å². The summed E-state index contributed by atoms with van der Waals surface area (Å²) in [5.41, 5.74) is -0.634. The van der Waals surface area contributed by atoms with Gasteiger partial charge in [-0.05, 0) is 19.5 Å². The van der Waals surface area contributed by atoms with Gasteiger partial charge < -0.3 is 5.32 Å². The van der Waals surface area contributed by atoms with E-state index in [4.69, 9.17) is 0 Å². The Balaban J connectivity index is 2.90. The Hall–Kier alpha value is -1.76. The fourth-order valence-electron chi connectivity index (χ4n) is 1.42. The summed E-state index contributed by atoms with van der Waals surface area (Å²) in [5, 5.41) is 13.5. The predicted octanol–water partition coefficient (Wildman–Crippen LogP) is 0.00700. The second-order valence-electron chi connectivity index (χ2n) is 3.67. The molecule has 16 heavy (non-hydrogen) atoms. The lowest BCUT2D eigenvalue weighted by atomic mass is 10.2. The standard InChI is InChI=1S/C9H14N4O3/c1-7(3-10-2)5-12-6-8(13(15)16)4-11-9(12)14/h4,6-7,10H,3,5H2,1-2H3. The number of hydrogen-bond donors (Lipinski definition) is 1. The molecule has 0 aromatic carbocycles. The van der Waals surface area contributed by atoms with Crippen LogP contribution >= 0.6 is 0 Å². The van der Waals surface area contributed by atoms with Gasteiger partial charge in [-0.2, -0.15) is 4.98 Å². The molecule has 0 radical (unpaired) electrons. The summed E-state index contributed by atoms with van der Waals surface area (Å²) in [6, 6.07) is 0. The van der Waals surface area contributed by atoms with E-state index in [1.54, 1.807) is 0 Å². The third-order valence-electron chi connectivity index (χ3n) is 2.11. The highest BCUT2D eigenvalue weighted by Gasteiger charge is 2.10. The average Bonchev–Trinajstić information content (AvgIpc) is 2.21. The monoisotopic (exact) mass is 226 g/mol.